The van der Waals surface area contributed by atoms with Crippen molar-refractivity contribution in [2.75, 3.05) is 17.3 Å². The molecule has 0 aliphatic carbocycles. The molecule has 0 saturated carbocycles. The molecule has 0 saturated heterocycles. The van der Waals surface area contributed by atoms with Crippen molar-refractivity contribution >= 4 is 11.4 Å². The SMILES string of the molecule is CCN(N)c1cccc(C)c1N. The van der Waals surface area contributed by atoms with E-state index >= 15 is 0 Å². The number of nitrogens with two attached hydrogens (primary N) is 2. The monoisotopic (exact) mass is 165 g/mol. The summed E-state index contributed by atoms with van der Waals surface area (Å²) in [4.78, 5) is 0. The molecule has 1 rings (SSSR count). The van der Waals surface area contributed by atoms with E-state index in [1.807, 2.05) is 32.0 Å². The fourth-order valence-corrected chi connectivity index (χ4v) is 1.09. The lowest BCUT2D eigenvalue weighted by Gasteiger charge is -2.19. The van der Waals surface area contributed by atoms with E-state index < -0.39 is 0 Å². The van der Waals surface area contributed by atoms with Crippen LogP contribution in [0, 0.1) is 6.92 Å². The van der Waals surface area contributed by atoms with Crippen LogP contribution < -0.4 is 16.6 Å². The van der Waals surface area contributed by atoms with E-state index in [2.05, 4.69) is 0 Å². The summed E-state index contributed by atoms with van der Waals surface area (Å²) in [5, 5.41) is 1.64. The predicted molar refractivity (Wildman–Crippen MR) is 52.8 cm³/mol. The molecule has 3 heteroatoms. The first-order chi connectivity index (χ1) is 5.66. The van der Waals surface area contributed by atoms with E-state index in [4.69, 9.17) is 11.6 Å². The summed E-state index contributed by atoms with van der Waals surface area (Å²) < 4.78 is 0. The highest BCUT2D eigenvalue weighted by Crippen LogP contribution is 2.23. The van der Waals surface area contributed by atoms with Crippen LogP contribution in [-0.4, -0.2) is 6.54 Å². The fourth-order valence-electron chi connectivity index (χ4n) is 1.09. The Kier molecular flexibility index (Phi) is 2.55. The predicted octanol–water partition coefficient (Wildman–Crippen LogP) is 1.28. The number of nitrogens with zero attached hydrogens (tertiary/aromatic N) is 1. The van der Waals surface area contributed by atoms with Crippen LogP contribution in [0.3, 0.4) is 0 Å². The molecule has 0 amide bonds. The summed E-state index contributed by atoms with van der Waals surface area (Å²) in [6.07, 6.45) is 0. The van der Waals surface area contributed by atoms with Crippen molar-refractivity contribution in [1.29, 1.82) is 0 Å². The normalized spacial score (nSPS) is 9.92. The van der Waals surface area contributed by atoms with Crippen LogP contribution in [0.2, 0.25) is 0 Å². The highest BCUT2D eigenvalue weighted by molar-refractivity contribution is 5.70. The van der Waals surface area contributed by atoms with Crippen LogP contribution in [0.15, 0.2) is 18.2 Å². The van der Waals surface area contributed by atoms with E-state index in [1.54, 1.807) is 5.01 Å². The Morgan fingerprint density at radius 2 is 2.08 bits per heavy atom. The first-order valence-corrected chi connectivity index (χ1v) is 4.04. The third-order valence-electron chi connectivity index (χ3n) is 1.95. The maximum absolute atomic E-state index is 5.84. The molecule has 0 heterocycles. The van der Waals surface area contributed by atoms with E-state index in [0.717, 1.165) is 23.5 Å². The summed E-state index contributed by atoms with van der Waals surface area (Å²) in [7, 11) is 0. The van der Waals surface area contributed by atoms with Gasteiger partial charge in [-0.05, 0) is 25.5 Å². The molecule has 0 fully saturated rings. The molecule has 0 spiro atoms. The third-order valence-corrected chi connectivity index (χ3v) is 1.95. The van der Waals surface area contributed by atoms with Crippen LogP contribution in [0.1, 0.15) is 12.5 Å². The van der Waals surface area contributed by atoms with Crippen molar-refractivity contribution in [3.05, 3.63) is 23.8 Å². The van der Waals surface area contributed by atoms with Crippen LogP contribution in [-0.2, 0) is 0 Å². The maximum atomic E-state index is 5.84. The van der Waals surface area contributed by atoms with Gasteiger partial charge in [0.1, 0.15) is 0 Å². The minimum Gasteiger partial charge on any atom is -0.397 e. The highest BCUT2D eigenvalue weighted by Gasteiger charge is 2.04. The molecule has 12 heavy (non-hydrogen) atoms. The van der Waals surface area contributed by atoms with Gasteiger partial charge in [-0.25, -0.2) is 5.84 Å². The zero-order chi connectivity index (χ0) is 9.14. The smallest absolute Gasteiger partial charge is 0.0749 e. The third kappa shape index (κ3) is 1.51. The average molecular weight is 165 g/mol. The van der Waals surface area contributed by atoms with E-state index in [1.165, 1.54) is 0 Å². The van der Waals surface area contributed by atoms with E-state index in [-0.39, 0.29) is 0 Å². The van der Waals surface area contributed by atoms with Gasteiger partial charge in [0.15, 0.2) is 0 Å². The van der Waals surface area contributed by atoms with Gasteiger partial charge in [-0.2, -0.15) is 0 Å². The second-order valence-electron chi connectivity index (χ2n) is 2.79. The Bertz CT molecular complexity index is 270. The number of anilines is 2. The molecule has 0 aromatic heterocycles. The Morgan fingerprint density at radius 3 is 2.67 bits per heavy atom. The molecule has 3 nitrogen and oxygen atoms in total. The van der Waals surface area contributed by atoms with Gasteiger partial charge in [-0.3, -0.25) is 0 Å². The summed E-state index contributed by atoms with van der Waals surface area (Å²) >= 11 is 0. The average Bonchev–Trinajstić information content (AvgIpc) is 2.08. The number of benzene rings is 1. The number of aryl methyl sites for hydroxylation is 1. The van der Waals surface area contributed by atoms with Crippen molar-refractivity contribution in [3.8, 4) is 0 Å². The van der Waals surface area contributed by atoms with Crippen molar-refractivity contribution < 1.29 is 0 Å². The second kappa shape index (κ2) is 3.45. The number of rotatable bonds is 2. The highest BCUT2D eigenvalue weighted by atomic mass is 15.4. The van der Waals surface area contributed by atoms with E-state index in [0.29, 0.717) is 0 Å². The van der Waals surface area contributed by atoms with Crippen molar-refractivity contribution in [1.82, 2.24) is 0 Å². The molecule has 1 aromatic carbocycles. The lowest BCUT2D eigenvalue weighted by atomic mass is 10.1. The molecule has 1 aromatic rings. The lowest BCUT2D eigenvalue weighted by Crippen LogP contribution is -2.31. The van der Waals surface area contributed by atoms with Gasteiger partial charge in [-0.1, -0.05) is 12.1 Å². The molecular formula is C9H15N3. The van der Waals surface area contributed by atoms with E-state index in [9.17, 15) is 0 Å². The lowest BCUT2D eigenvalue weighted by molar-refractivity contribution is 0.893. The first-order valence-electron chi connectivity index (χ1n) is 4.04. The molecule has 0 aliphatic heterocycles. The second-order valence-corrected chi connectivity index (χ2v) is 2.79. The summed E-state index contributed by atoms with van der Waals surface area (Å²) in [5.74, 6) is 5.72. The number of para-hydroxylation sites is 1. The fraction of sp³-hybridized carbons (Fsp3) is 0.333. The van der Waals surface area contributed by atoms with Crippen molar-refractivity contribution in [2.45, 2.75) is 13.8 Å². The number of hydrogen-bond donors (Lipinski definition) is 2. The van der Waals surface area contributed by atoms with Gasteiger partial charge in [0, 0.05) is 6.54 Å². The van der Waals surface area contributed by atoms with Crippen LogP contribution >= 0.6 is 0 Å². The van der Waals surface area contributed by atoms with Crippen LogP contribution in [0.25, 0.3) is 0 Å². The molecule has 4 N–H and O–H groups in total. The number of hydrogen-bond acceptors (Lipinski definition) is 3. The van der Waals surface area contributed by atoms with Crippen LogP contribution in [0.4, 0.5) is 11.4 Å². The zero-order valence-electron chi connectivity index (χ0n) is 7.54. The van der Waals surface area contributed by atoms with Crippen molar-refractivity contribution in [3.63, 3.8) is 0 Å². The largest absolute Gasteiger partial charge is 0.397 e. The standard InChI is InChI=1S/C9H15N3/c1-3-12(11)8-6-4-5-7(2)9(8)10/h4-6H,3,10-11H2,1-2H3. The minimum absolute atomic E-state index is 0.758. The molecule has 0 atom stereocenters. The summed E-state index contributed by atoms with van der Waals surface area (Å²) in [5.41, 5.74) is 8.57. The van der Waals surface area contributed by atoms with Gasteiger partial charge in [0.05, 0.1) is 11.4 Å². The van der Waals surface area contributed by atoms with Gasteiger partial charge in [0.25, 0.3) is 0 Å². The zero-order valence-corrected chi connectivity index (χ0v) is 7.54. The minimum atomic E-state index is 0.758. The summed E-state index contributed by atoms with van der Waals surface area (Å²) in [6, 6.07) is 5.85. The van der Waals surface area contributed by atoms with Crippen molar-refractivity contribution in [2.24, 2.45) is 5.84 Å². The van der Waals surface area contributed by atoms with Gasteiger partial charge in [0.2, 0.25) is 0 Å². The molecule has 66 valence electrons. The first kappa shape index (κ1) is 8.87. The Balaban J connectivity index is 3.07. The Morgan fingerprint density at radius 1 is 1.42 bits per heavy atom. The molecular weight excluding hydrogens is 150 g/mol. The molecule has 0 bridgehead atoms. The molecule has 0 aliphatic rings. The maximum Gasteiger partial charge on any atom is 0.0749 e. The van der Waals surface area contributed by atoms with Gasteiger partial charge < -0.3 is 10.7 Å². The van der Waals surface area contributed by atoms with Gasteiger partial charge in [-0.15, -0.1) is 0 Å². The quantitative estimate of drug-likeness (QED) is 0.394. The van der Waals surface area contributed by atoms with Gasteiger partial charge >= 0.3 is 0 Å². The molecule has 0 unspecified atom stereocenters. The Labute approximate surface area is 72.9 Å². The Hall–Kier alpha value is -1.22. The topological polar surface area (TPSA) is 55.3 Å². The molecule has 0 radical (unpaired) electrons. The number of hydrazine groups is 1. The number of nitrogen functional groups attached to an aromatic ring is 1. The van der Waals surface area contributed by atoms with Crippen LogP contribution in [0.5, 0.6) is 0 Å². The summed E-state index contributed by atoms with van der Waals surface area (Å²) in [6.45, 7) is 4.72.